The number of benzene rings is 4. The van der Waals surface area contributed by atoms with Gasteiger partial charge in [-0.3, -0.25) is 9.36 Å². The molecule has 0 saturated carbocycles. The first-order valence-corrected chi connectivity index (χ1v) is 12.9. The maximum atomic E-state index is 13.8. The van der Waals surface area contributed by atoms with Gasteiger partial charge >= 0.3 is 0 Å². The fourth-order valence-electron chi connectivity index (χ4n) is 4.40. The molecule has 36 heavy (non-hydrogen) atoms. The van der Waals surface area contributed by atoms with E-state index in [-0.39, 0.29) is 11.6 Å². The summed E-state index contributed by atoms with van der Waals surface area (Å²) in [4.78, 5) is 22.2. The Labute approximate surface area is 216 Å². The normalized spacial score (nSPS) is 12.6. The van der Waals surface area contributed by atoms with Crippen LogP contribution in [0.1, 0.15) is 18.8 Å². The molecule has 0 aliphatic heterocycles. The van der Waals surface area contributed by atoms with Gasteiger partial charge in [0.2, 0.25) is 0 Å². The quantitative estimate of drug-likeness (QED) is 0.241. The summed E-state index contributed by atoms with van der Waals surface area (Å²) in [6, 6.07) is 32.2. The summed E-state index contributed by atoms with van der Waals surface area (Å²) < 4.78 is 4.12. The lowest BCUT2D eigenvalue weighted by atomic mass is 10.1. The van der Waals surface area contributed by atoms with Gasteiger partial charge in [-0.2, -0.15) is 0 Å². The molecule has 0 fully saturated rings. The zero-order valence-corrected chi connectivity index (χ0v) is 21.7. The molecule has 0 bridgehead atoms. The van der Waals surface area contributed by atoms with E-state index in [4.69, 9.17) is 4.98 Å². The highest BCUT2D eigenvalue weighted by Gasteiger charge is 2.25. The second-order valence-corrected chi connectivity index (χ2v) is 10.2. The molecular formula is C30H30N4OS. The van der Waals surface area contributed by atoms with Gasteiger partial charge in [0.1, 0.15) is 5.82 Å². The lowest BCUT2D eigenvalue weighted by Gasteiger charge is -2.30. The number of nitrogens with zero attached hydrogens (tertiary/aromatic N) is 4. The Morgan fingerprint density at radius 1 is 0.806 bits per heavy atom. The summed E-state index contributed by atoms with van der Waals surface area (Å²) in [6.07, 6.45) is 0. The van der Waals surface area contributed by atoms with E-state index in [2.05, 4.69) is 72.7 Å². The van der Waals surface area contributed by atoms with Gasteiger partial charge in [-0.15, -0.1) is 0 Å². The molecule has 0 amide bonds. The Morgan fingerprint density at radius 2 is 1.47 bits per heavy atom. The molecule has 1 aromatic heterocycles. The molecule has 6 heteroatoms. The van der Waals surface area contributed by atoms with E-state index in [1.807, 2.05) is 54.6 Å². The van der Waals surface area contributed by atoms with Crippen LogP contribution in [0.3, 0.4) is 0 Å². The summed E-state index contributed by atoms with van der Waals surface area (Å²) in [5, 5.41) is 3.06. The highest BCUT2D eigenvalue weighted by atomic mass is 32.2. The Hall–Kier alpha value is -3.45. The molecule has 0 aliphatic rings. The zero-order chi connectivity index (χ0) is 25.1. The van der Waals surface area contributed by atoms with E-state index in [0.717, 1.165) is 30.1 Å². The number of likely N-dealkylation sites (N-methyl/N-ethyl adjacent to an activating group) is 1. The SMILES string of the molecule is CC(c1nc2ccccc2c(=O)n1-c1ccccc1)N(CCN(C)C)Sc1cccc2ccccc12. The van der Waals surface area contributed by atoms with Crippen LogP contribution in [0.4, 0.5) is 0 Å². The van der Waals surface area contributed by atoms with E-state index in [1.165, 1.54) is 15.7 Å². The topological polar surface area (TPSA) is 41.4 Å². The maximum absolute atomic E-state index is 13.8. The number of para-hydroxylation sites is 2. The predicted molar refractivity (Wildman–Crippen MR) is 151 cm³/mol. The van der Waals surface area contributed by atoms with Crippen molar-refractivity contribution in [1.82, 2.24) is 18.8 Å². The van der Waals surface area contributed by atoms with Crippen LogP contribution in [0.2, 0.25) is 0 Å². The van der Waals surface area contributed by atoms with Crippen molar-refractivity contribution in [2.75, 3.05) is 27.2 Å². The van der Waals surface area contributed by atoms with Crippen molar-refractivity contribution in [2.45, 2.75) is 17.9 Å². The second kappa shape index (κ2) is 10.7. The second-order valence-electron chi connectivity index (χ2n) is 9.15. The highest BCUT2D eigenvalue weighted by molar-refractivity contribution is 7.97. The summed E-state index contributed by atoms with van der Waals surface area (Å²) in [6.45, 7) is 3.83. The first-order chi connectivity index (χ1) is 17.5. The predicted octanol–water partition coefficient (Wildman–Crippen LogP) is 6.17. The van der Waals surface area contributed by atoms with Crippen molar-refractivity contribution < 1.29 is 0 Å². The summed E-state index contributed by atoms with van der Waals surface area (Å²) in [7, 11) is 4.17. The van der Waals surface area contributed by atoms with E-state index >= 15 is 0 Å². The van der Waals surface area contributed by atoms with Gasteiger partial charge in [0.05, 0.1) is 22.6 Å². The van der Waals surface area contributed by atoms with Crippen molar-refractivity contribution in [3.63, 3.8) is 0 Å². The van der Waals surface area contributed by atoms with Crippen LogP contribution in [-0.4, -0.2) is 45.9 Å². The van der Waals surface area contributed by atoms with Crippen LogP contribution in [-0.2, 0) is 0 Å². The molecule has 5 nitrogen and oxygen atoms in total. The Balaban J connectivity index is 1.64. The summed E-state index contributed by atoms with van der Waals surface area (Å²) >= 11 is 1.73. The molecule has 0 N–H and O–H groups in total. The van der Waals surface area contributed by atoms with Crippen LogP contribution in [0.25, 0.3) is 27.4 Å². The molecule has 1 atom stereocenters. The highest BCUT2D eigenvalue weighted by Crippen LogP contribution is 2.36. The van der Waals surface area contributed by atoms with Gasteiger partial charge in [0.25, 0.3) is 5.56 Å². The molecule has 5 rings (SSSR count). The zero-order valence-electron chi connectivity index (χ0n) is 20.8. The molecule has 1 heterocycles. The fourth-order valence-corrected chi connectivity index (χ4v) is 5.51. The number of fused-ring (bicyclic) bond motifs is 2. The lowest BCUT2D eigenvalue weighted by Crippen LogP contribution is -2.33. The Kier molecular flexibility index (Phi) is 7.18. The molecule has 5 aromatic rings. The Bertz CT molecular complexity index is 1540. The smallest absolute Gasteiger partial charge is 0.266 e. The van der Waals surface area contributed by atoms with Crippen molar-refractivity contribution in [3.8, 4) is 5.69 Å². The number of hydrogen-bond donors (Lipinski definition) is 0. The molecule has 0 saturated heterocycles. The molecular weight excluding hydrogens is 464 g/mol. The number of rotatable bonds is 8. The minimum absolute atomic E-state index is 0.0450. The average molecular weight is 495 g/mol. The third-order valence-corrected chi connectivity index (χ3v) is 7.64. The summed E-state index contributed by atoms with van der Waals surface area (Å²) in [5.74, 6) is 0.733. The minimum atomic E-state index is -0.133. The van der Waals surface area contributed by atoms with Gasteiger partial charge in [0.15, 0.2) is 0 Å². The van der Waals surface area contributed by atoms with Gasteiger partial charge in [-0.05, 0) is 74.1 Å². The van der Waals surface area contributed by atoms with Crippen molar-refractivity contribution in [3.05, 3.63) is 113 Å². The van der Waals surface area contributed by atoms with Gasteiger partial charge in [0, 0.05) is 18.0 Å². The number of aromatic nitrogens is 2. The fraction of sp³-hybridized carbons (Fsp3) is 0.200. The standard InChI is InChI=1S/C30H30N4OS/c1-22(33(21-20-32(2)3)36-28-19-11-13-23-12-7-8-16-25(23)28)29-31-27-18-10-9-17-26(27)30(35)34(29)24-14-5-4-6-15-24/h4-19,22H,20-21H2,1-3H3. The largest absolute Gasteiger partial charge is 0.308 e. The van der Waals surface area contributed by atoms with Crippen molar-refractivity contribution in [1.29, 1.82) is 0 Å². The minimum Gasteiger partial charge on any atom is -0.308 e. The lowest BCUT2D eigenvalue weighted by molar-refractivity contribution is 0.305. The van der Waals surface area contributed by atoms with Gasteiger partial charge < -0.3 is 4.90 Å². The van der Waals surface area contributed by atoms with E-state index in [1.54, 1.807) is 16.5 Å². The van der Waals surface area contributed by atoms with E-state index in [9.17, 15) is 4.79 Å². The van der Waals surface area contributed by atoms with E-state index < -0.39 is 0 Å². The first-order valence-electron chi connectivity index (χ1n) is 12.2. The van der Waals surface area contributed by atoms with Crippen molar-refractivity contribution >= 4 is 33.6 Å². The monoisotopic (exact) mass is 494 g/mol. The average Bonchev–Trinajstić information content (AvgIpc) is 2.91. The van der Waals surface area contributed by atoms with Crippen LogP contribution in [0, 0.1) is 0 Å². The van der Waals surface area contributed by atoms with Gasteiger partial charge in [-0.1, -0.05) is 66.7 Å². The molecule has 4 aromatic carbocycles. The Morgan fingerprint density at radius 3 is 2.25 bits per heavy atom. The maximum Gasteiger partial charge on any atom is 0.266 e. The van der Waals surface area contributed by atoms with Gasteiger partial charge in [-0.25, -0.2) is 9.29 Å². The van der Waals surface area contributed by atoms with Crippen molar-refractivity contribution in [2.24, 2.45) is 0 Å². The summed E-state index contributed by atoms with van der Waals surface area (Å²) in [5.41, 5.74) is 1.50. The van der Waals surface area contributed by atoms with Crippen LogP contribution in [0.15, 0.2) is 107 Å². The van der Waals surface area contributed by atoms with Crippen LogP contribution < -0.4 is 5.56 Å². The van der Waals surface area contributed by atoms with E-state index in [0.29, 0.717) is 5.39 Å². The third-order valence-electron chi connectivity index (χ3n) is 6.35. The molecule has 0 aliphatic carbocycles. The molecule has 1 unspecified atom stereocenters. The first kappa shape index (κ1) is 24.3. The third kappa shape index (κ3) is 4.93. The molecule has 0 radical (unpaired) electrons. The van der Waals surface area contributed by atoms with Crippen LogP contribution >= 0.6 is 11.9 Å². The number of hydrogen-bond acceptors (Lipinski definition) is 5. The molecule has 0 spiro atoms. The van der Waals surface area contributed by atoms with Crippen LogP contribution in [0.5, 0.6) is 0 Å². The molecule has 182 valence electrons.